The monoisotopic (exact) mass is 127 g/mol. The van der Waals surface area contributed by atoms with Crippen molar-refractivity contribution in [3.8, 4) is 0 Å². The van der Waals surface area contributed by atoms with Crippen LogP contribution in [0.1, 0.15) is 13.8 Å². The maximum absolute atomic E-state index is 9.34. The Morgan fingerprint density at radius 2 is 2.22 bits per heavy atom. The molecule has 1 N–H and O–H groups in total. The van der Waals surface area contributed by atoms with Crippen molar-refractivity contribution >= 4 is 5.71 Å². The number of aliphatic imine (C=N–C) groups is 1. The van der Waals surface area contributed by atoms with Gasteiger partial charge in [0.25, 0.3) is 0 Å². The standard InChI is InChI=1S/C7H13NO/c1-5-7(3,9)6(2)8-4/h5,9H,1H2,2-4H3. The first-order chi connectivity index (χ1) is 4.04. The predicted molar refractivity (Wildman–Crippen MR) is 39.9 cm³/mol. The van der Waals surface area contributed by atoms with Gasteiger partial charge in [0.05, 0.1) is 0 Å². The molecule has 0 saturated carbocycles. The van der Waals surface area contributed by atoms with Crippen molar-refractivity contribution in [3.05, 3.63) is 12.7 Å². The van der Waals surface area contributed by atoms with Crippen LogP contribution in [0.5, 0.6) is 0 Å². The number of rotatable bonds is 2. The normalized spacial score (nSPS) is 18.9. The average Bonchev–Trinajstić information content (AvgIpc) is 1.86. The lowest BCUT2D eigenvalue weighted by Gasteiger charge is -2.16. The summed E-state index contributed by atoms with van der Waals surface area (Å²) in [5, 5.41) is 9.34. The van der Waals surface area contributed by atoms with E-state index in [1.165, 1.54) is 6.08 Å². The first kappa shape index (κ1) is 8.37. The van der Waals surface area contributed by atoms with Gasteiger partial charge in [-0.05, 0) is 13.8 Å². The van der Waals surface area contributed by atoms with Gasteiger partial charge in [0, 0.05) is 12.8 Å². The lowest BCUT2D eigenvalue weighted by atomic mass is 10.0. The quantitative estimate of drug-likeness (QED) is 0.436. The van der Waals surface area contributed by atoms with Crippen LogP contribution in [0.2, 0.25) is 0 Å². The zero-order valence-corrected chi connectivity index (χ0v) is 6.18. The number of hydrogen-bond donors (Lipinski definition) is 1. The summed E-state index contributed by atoms with van der Waals surface area (Å²) in [6.45, 7) is 6.89. The summed E-state index contributed by atoms with van der Waals surface area (Å²) < 4.78 is 0. The number of aliphatic hydroxyl groups is 1. The second-order valence-corrected chi connectivity index (χ2v) is 2.16. The molecule has 52 valence electrons. The first-order valence-corrected chi connectivity index (χ1v) is 2.84. The minimum absolute atomic E-state index is 0.678. The molecule has 0 fully saturated rings. The van der Waals surface area contributed by atoms with E-state index < -0.39 is 5.60 Å². The lowest BCUT2D eigenvalue weighted by Crippen LogP contribution is -2.29. The SMILES string of the molecule is C=CC(C)(O)C(C)=NC. The Kier molecular flexibility index (Phi) is 2.59. The molecule has 1 unspecified atom stereocenters. The van der Waals surface area contributed by atoms with Crippen molar-refractivity contribution in [2.45, 2.75) is 19.4 Å². The fourth-order valence-corrected chi connectivity index (χ4v) is 0.374. The van der Waals surface area contributed by atoms with E-state index in [-0.39, 0.29) is 0 Å². The van der Waals surface area contributed by atoms with Gasteiger partial charge < -0.3 is 5.11 Å². The van der Waals surface area contributed by atoms with Crippen LogP contribution in [0.3, 0.4) is 0 Å². The highest BCUT2D eigenvalue weighted by Crippen LogP contribution is 2.05. The third-order valence-corrected chi connectivity index (χ3v) is 1.47. The molecule has 0 amide bonds. The molecule has 0 aliphatic carbocycles. The van der Waals surface area contributed by atoms with E-state index in [0.29, 0.717) is 5.71 Å². The summed E-state index contributed by atoms with van der Waals surface area (Å²) in [5.74, 6) is 0. The number of nitrogens with zero attached hydrogens (tertiary/aromatic N) is 1. The minimum atomic E-state index is -0.936. The fourth-order valence-electron chi connectivity index (χ4n) is 0.374. The van der Waals surface area contributed by atoms with Crippen LogP contribution in [0, 0.1) is 0 Å². The molecule has 0 spiro atoms. The molecule has 9 heavy (non-hydrogen) atoms. The van der Waals surface area contributed by atoms with Crippen LogP contribution in [-0.2, 0) is 0 Å². The molecular formula is C7H13NO. The van der Waals surface area contributed by atoms with Crippen molar-refractivity contribution in [1.82, 2.24) is 0 Å². The highest BCUT2D eigenvalue weighted by atomic mass is 16.3. The molecule has 0 aromatic carbocycles. The van der Waals surface area contributed by atoms with Crippen LogP contribution < -0.4 is 0 Å². The van der Waals surface area contributed by atoms with E-state index in [9.17, 15) is 5.11 Å². The Labute approximate surface area is 55.9 Å². The molecule has 2 nitrogen and oxygen atoms in total. The third kappa shape index (κ3) is 1.98. The van der Waals surface area contributed by atoms with Crippen LogP contribution in [0.25, 0.3) is 0 Å². The molecule has 0 aliphatic rings. The second-order valence-electron chi connectivity index (χ2n) is 2.16. The van der Waals surface area contributed by atoms with Gasteiger partial charge in [-0.15, -0.1) is 0 Å². The molecule has 0 rings (SSSR count). The van der Waals surface area contributed by atoms with E-state index in [0.717, 1.165) is 0 Å². The highest BCUT2D eigenvalue weighted by molar-refractivity contribution is 5.91. The number of hydrogen-bond acceptors (Lipinski definition) is 2. The lowest BCUT2D eigenvalue weighted by molar-refractivity contribution is 0.184. The van der Waals surface area contributed by atoms with Crippen LogP contribution >= 0.6 is 0 Å². The Morgan fingerprint density at radius 1 is 1.78 bits per heavy atom. The maximum Gasteiger partial charge on any atom is 0.117 e. The van der Waals surface area contributed by atoms with Gasteiger partial charge in [0.15, 0.2) is 0 Å². The molecule has 0 saturated heterocycles. The van der Waals surface area contributed by atoms with Gasteiger partial charge in [-0.3, -0.25) is 4.99 Å². The smallest absolute Gasteiger partial charge is 0.117 e. The summed E-state index contributed by atoms with van der Waals surface area (Å²) in [6, 6.07) is 0. The second kappa shape index (κ2) is 2.78. The topological polar surface area (TPSA) is 32.6 Å². The summed E-state index contributed by atoms with van der Waals surface area (Å²) in [5.41, 5.74) is -0.258. The summed E-state index contributed by atoms with van der Waals surface area (Å²) in [7, 11) is 1.65. The van der Waals surface area contributed by atoms with E-state index in [1.54, 1.807) is 20.9 Å². The molecule has 0 heterocycles. The fraction of sp³-hybridized carbons (Fsp3) is 0.571. The van der Waals surface area contributed by atoms with E-state index in [4.69, 9.17) is 0 Å². The van der Waals surface area contributed by atoms with Crippen molar-refractivity contribution < 1.29 is 5.11 Å². The Balaban J connectivity index is 4.32. The van der Waals surface area contributed by atoms with Crippen molar-refractivity contribution in [3.63, 3.8) is 0 Å². The summed E-state index contributed by atoms with van der Waals surface area (Å²) in [4.78, 5) is 3.83. The van der Waals surface area contributed by atoms with Crippen LogP contribution in [0.4, 0.5) is 0 Å². The van der Waals surface area contributed by atoms with Crippen molar-refractivity contribution in [2.75, 3.05) is 7.05 Å². The van der Waals surface area contributed by atoms with Gasteiger partial charge >= 0.3 is 0 Å². The Bertz CT molecular complexity index is 136. The first-order valence-electron chi connectivity index (χ1n) is 2.84. The molecule has 0 aliphatic heterocycles. The predicted octanol–water partition coefficient (Wildman–Crippen LogP) is 1.01. The summed E-state index contributed by atoms with van der Waals surface area (Å²) in [6.07, 6.45) is 1.47. The molecule has 0 radical (unpaired) electrons. The van der Waals surface area contributed by atoms with Gasteiger partial charge in [-0.25, -0.2) is 0 Å². The van der Waals surface area contributed by atoms with Crippen LogP contribution in [-0.4, -0.2) is 23.5 Å². The molecule has 2 heteroatoms. The largest absolute Gasteiger partial charge is 0.380 e. The van der Waals surface area contributed by atoms with Gasteiger partial charge in [-0.2, -0.15) is 0 Å². The third-order valence-electron chi connectivity index (χ3n) is 1.47. The van der Waals surface area contributed by atoms with E-state index in [1.807, 2.05) is 0 Å². The molecule has 0 aromatic rings. The van der Waals surface area contributed by atoms with E-state index >= 15 is 0 Å². The molecule has 1 atom stereocenters. The average molecular weight is 127 g/mol. The molecule has 0 bridgehead atoms. The zero-order chi connectivity index (χ0) is 7.49. The maximum atomic E-state index is 9.34. The molecular weight excluding hydrogens is 114 g/mol. The Hall–Kier alpha value is -0.630. The molecule has 0 aromatic heterocycles. The van der Waals surface area contributed by atoms with E-state index in [2.05, 4.69) is 11.6 Å². The van der Waals surface area contributed by atoms with Gasteiger partial charge in [-0.1, -0.05) is 12.7 Å². The Morgan fingerprint density at radius 3 is 2.33 bits per heavy atom. The van der Waals surface area contributed by atoms with Crippen LogP contribution in [0.15, 0.2) is 17.6 Å². The highest BCUT2D eigenvalue weighted by Gasteiger charge is 2.17. The zero-order valence-electron chi connectivity index (χ0n) is 6.18. The summed E-state index contributed by atoms with van der Waals surface area (Å²) >= 11 is 0. The van der Waals surface area contributed by atoms with Gasteiger partial charge in [0.2, 0.25) is 0 Å². The van der Waals surface area contributed by atoms with Gasteiger partial charge in [0.1, 0.15) is 5.60 Å². The van der Waals surface area contributed by atoms with Crippen molar-refractivity contribution in [2.24, 2.45) is 4.99 Å². The van der Waals surface area contributed by atoms with Crippen molar-refractivity contribution in [1.29, 1.82) is 0 Å². The minimum Gasteiger partial charge on any atom is -0.380 e.